The molecule has 3 nitrogen and oxygen atoms in total. The van der Waals surface area contributed by atoms with Crippen LogP contribution in [0.15, 0.2) is 23.3 Å². The van der Waals surface area contributed by atoms with Gasteiger partial charge >= 0.3 is 0 Å². The molecule has 0 saturated heterocycles. The van der Waals surface area contributed by atoms with E-state index in [1.165, 1.54) is 12.1 Å². The van der Waals surface area contributed by atoms with Gasteiger partial charge in [-0.15, -0.1) is 0 Å². The van der Waals surface area contributed by atoms with Crippen LogP contribution in [0.4, 0.5) is 22.0 Å². The molecule has 3 rings (SSSR count). The molecule has 25 heavy (non-hydrogen) atoms. The predicted molar refractivity (Wildman–Crippen MR) is 81.4 cm³/mol. The highest BCUT2D eigenvalue weighted by molar-refractivity contribution is 6.38. The Morgan fingerprint density at radius 3 is 2.08 bits per heavy atom. The highest BCUT2D eigenvalue weighted by Crippen LogP contribution is 2.25. The van der Waals surface area contributed by atoms with E-state index < -0.39 is 46.8 Å². The van der Waals surface area contributed by atoms with Gasteiger partial charge in [0.1, 0.15) is 0 Å². The first-order valence-corrected chi connectivity index (χ1v) is 7.32. The van der Waals surface area contributed by atoms with Crippen LogP contribution >= 0.6 is 23.2 Å². The molecule has 0 radical (unpaired) electrons. The third-order valence-electron chi connectivity index (χ3n) is 3.47. The van der Waals surface area contributed by atoms with Crippen molar-refractivity contribution in [1.29, 1.82) is 0 Å². The third kappa shape index (κ3) is 2.85. The van der Waals surface area contributed by atoms with E-state index in [-0.39, 0.29) is 20.9 Å². The van der Waals surface area contributed by atoms with Gasteiger partial charge in [0.15, 0.2) is 23.3 Å². The van der Waals surface area contributed by atoms with Gasteiger partial charge in [-0.25, -0.2) is 26.9 Å². The standard InChI is InChI=1S/C15H5Cl2F5N2O/c16-5-1-6-14(8(17)2-5)23-4-24(15(6)25)3-7-9(18)11(20)13(22)12(21)10(7)19/h1-2,4H,3H2. The maximum absolute atomic E-state index is 13.8. The van der Waals surface area contributed by atoms with Crippen molar-refractivity contribution in [3.63, 3.8) is 0 Å². The Morgan fingerprint density at radius 1 is 0.920 bits per heavy atom. The molecule has 0 aliphatic heterocycles. The molecule has 0 aliphatic rings. The molecule has 0 saturated carbocycles. The molecule has 1 aromatic heterocycles. The Balaban J connectivity index is 2.21. The molecule has 0 fully saturated rings. The Kier molecular flexibility index (Phi) is 4.42. The molecule has 2 aromatic carbocycles. The Labute approximate surface area is 146 Å². The number of halogens is 7. The fourth-order valence-corrected chi connectivity index (χ4v) is 2.81. The summed E-state index contributed by atoms with van der Waals surface area (Å²) in [5.41, 5.74) is -1.88. The van der Waals surface area contributed by atoms with Crippen LogP contribution < -0.4 is 5.56 Å². The summed E-state index contributed by atoms with van der Waals surface area (Å²) in [6.45, 7) is -0.919. The smallest absolute Gasteiger partial charge is 0.261 e. The van der Waals surface area contributed by atoms with E-state index in [4.69, 9.17) is 23.2 Å². The number of benzene rings is 2. The molecule has 0 aliphatic carbocycles. The van der Waals surface area contributed by atoms with Crippen molar-refractivity contribution in [3.8, 4) is 0 Å². The van der Waals surface area contributed by atoms with Crippen LogP contribution in [0.5, 0.6) is 0 Å². The van der Waals surface area contributed by atoms with Crippen LogP contribution in [-0.4, -0.2) is 9.55 Å². The summed E-state index contributed by atoms with van der Waals surface area (Å²) in [5.74, 6) is -10.5. The van der Waals surface area contributed by atoms with Crippen LogP contribution in [0.25, 0.3) is 10.9 Å². The zero-order valence-corrected chi connectivity index (χ0v) is 13.4. The number of hydrogen-bond donors (Lipinski definition) is 0. The van der Waals surface area contributed by atoms with E-state index in [0.717, 1.165) is 6.33 Å². The van der Waals surface area contributed by atoms with Crippen molar-refractivity contribution in [2.75, 3.05) is 0 Å². The van der Waals surface area contributed by atoms with Crippen molar-refractivity contribution < 1.29 is 22.0 Å². The summed E-state index contributed by atoms with van der Waals surface area (Å²) in [4.78, 5) is 16.3. The highest BCUT2D eigenvalue weighted by atomic mass is 35.5. The number of fused-ring (bicyclic) bond motifs is 1. The Hall–Kier alpha value is -2.19. The van der Waals surface area contributed by atoms with Gasteiger partial charge in [0.25, 0.3) is 5.56 Å². The minimum Gasteiger partial charge on any atom is -0.294 e. The summed E-state index contributed by atoms with van der Waals surface area (Å²) in [6.07, 6.45) is 0.891. The molecule has 0 spiro atoms. The lowest BCUT2D eigenvalue weighted by atomic mass is 10.1. The normalized spacial score (nSPS) is 11.3. The third-order valence-corrected chi connectivity index (χ3v) is 3.98. The fraction of sp³-hybridized carbons (Fsp3) is 0.0667. The molecule has 0 bridgehead atoms. The molecule has 3 aromatic rings. The predicted octanol–water partition coefficient (Wildman–Crippen LogP) is 4.45. The van der Waals surface area contributed by atoms with E-state index in [1.54, 1.807) is 0 Å². The monoisotopic (exact) mass is 394 g/mol. The second-order valence-corrected chi connectivity index (χ2v) is 5.85. The maximum Gasteiger partial charge on any atom is 0.261 e. The van der Waals surface area contributed by atoms with Crippen LogP contribution in [0.3, 0.4) is 0 Å². The van der Waals surface area contributed by atoms with Gasteiger partial charge in [-0.1, -0.05) is 23.2 Å². The summed E-state index contributed by atoms with van der Waals surface area (Å²) in [7, 11) is 0. The van der Waals surface area contributed by atoms with Gasteiger partial charge < -0.3 is 0 Å². The molecule has 10 heteroatoms. The average Bonchev–Trinajstić information content (AvgIpc) is 2.57. The lowest BCUT2D eigenvalue weighted by Gasteiger charge is -2.11. The molecule has 1 heterocycles. The Bertz CT molecular complexity index is 1050. The van der Waals surface area contributed by atoms with Crippen molar-refractivity contribution in [2.45, 2.75) is 6.54 Å². The van der Waals surface area contributed by atoms with Crippen LogP contribution in [0, 0.1) is 29.1 Å². The minimum atomic E-state index is -2.28. The Morgan fingerprint density at radius 2 is 1.48 bits per heavy atom. The molecular weight excluding hydrogens is 390 g/mol. The second kappa shape index (κ2) is 6.27. The largest absolute Gasteiger partial charge is 0.294 e. The van der Waals surface area contributed by atoms with Gasteiger partial charge in [-0.05, 0) is 12.1 Å². The second-order valence-electron chi connectivity index (χ2n) is 5.01. The molecule has 0 atom stereocenters. The van der Waals surface area contributed by atoms with Crippen LogP contribution in [-0.2, 0) is 6.54 Å². The number of aromatic nitrogens is 2. The van der Waals surface area contributed by atoms with Gasteiger partial charge in [-0.2, -0.15) is 0 Å². The van der Waals surface area contributed by atoms with Gasteiger partial charge in [0.2, 0.25) is 5.82 Å². The highest BCUT2D eigenvalue weighted by Gasteiger charge is 2.26. The number of rotatable bonds is 2. The van der Waals surface area contributed by atoms with E-state index in [2.05, 4.69) is 4.98 Å². The number of hydrogen-bond acceptors (Lipinski definition) is 2. The SMILES string of the molecule is O=c1c2cc(Cl)cc(Cl)c2ncn1Cc1c(F)c(F)c(F)c(F)c1F. The molecular formula is C15H5Cl2F5N2O. The first-order valence-electron chi connectivity index (χ1n) is 6.57. The molecule has 0 amide bonds. The summed E-state index contributed by atoms with van der Waals surface area (Å²) >= 11 is 11.7. The van der Waals surface area contributed by atoms with E-state index >= 15 is 0 Å². The first-order chi connectivity index (χ1) is 11.7. The summed E-state index contributed by atoms with van der Waals surface area (Å²) in [5, 5.41) is 0.122. The van der Waals surface area contributed by atoms with Gasteiger partial charge in [-0.3, -0.25) is 9.36 Å². The lowest BCUT2D eigenvalue weighted by molar-refractivity contribution is 0.367. The molecule has 0 unspecified atom stereocenters. The van der Waals surface area contributed by atoms with Crippen molar-refractivity contribution in [1.82, 2.24) is 9.55 Å². The van der Waals surface area contributed by atoms with Crippen molar-refractivity contribution in [3.05, 3.63) is 73.5 Å². The van der Waals surface area contributed by atoms with Gasteiger partial charge in [0.05, 0.1) is 28.8 Å². The zero-order chi connectivity index (χ0) is 18.5. The quantitative estimate of drug-likeness (QED) is 0.365. The van der Waals surface area contributed by atoms with Gasteiger partial charge in [0, 0.05) is 10.6 Å². The minimum absolute atomic E-state index is 0.0659. The maximum atomic E-state index is 13.8. The van der Waals surface area contributed by atoms with Crippen molar-refractivity contribution in [2.24, 2.45) is 0 Å². The zero-order valence-electron chi connectivity index (χ0n) is 11.9. The number of nitrogens with zero attached hydrogens (tertiary/aromatic N) is 2. The molecule has 130 valence electrons. The lowest BCUT2D eigenvalue weighted by Crippen LogP contribution is -2.23. The summed E-state index contributed by atoms with van der Waals surface area (Å²) < 4.78 is 67.8. The van der Waals surface area contributed by atoms with Crippen molar-refractivity contribution >= 4 is 34.1 Å². The van der Waals surface area contributed by atoms with E-state index in [1.807, 2.05) is 0 Å². The topological polar surface area (TPSA) is 34.9 Å². The van der Waals surface area contributed by atoms with E-state index in [9.17, 15) is 26.7 Å². The molecule has 0 N–H and O–H groups in total. The fourth-order valence-electron chi connectivity index (χ4n) is 2.27. The summed E-state index contributed by atoms with van der Waals surface area (Å²) in [6, 6.07) is 2.57. The van der Waals surface area contributed by atoms with E-state index in [0.29, 0.717) is 4.57 Å². The average molecular weight is 395 g/mol. The van der Waals surface area contributed by atoms with Crippen LogP contribution in [0.1, 0.15) is 5.56 Å². The first kappa shape index (κ1) is 17.6. The van der Waals surface area contributed by atoms with Crippen LogP contribution in [0.2, 0.25) is 10.0 Å².